The van der Waals surface area contributed by atoms with E-state index in [1.54, 1.807) is 0 Å². The molecule has 302 valence electrons. The van der Waals surface area contributed by atoms with Gasteiger partial charge in [-0.1, -0.05) is 156 Å². The Morgan fingerprint density at radius 2 is 0.484 bits per heavy atom. The number of nitrogens with zero attached hydrogens (tertiary/aromatic N) is 2. The lowest BCUT2D eigenvalue weighted by Crippen LogP contribution is -2.11. The first-order valence-corrected chi connectivity index (χ1v) is 22.4. The molecule has 13 rings (SSSR count). The van der Waals surface area contributed by atoms with Gasteiger partial charge >= 0.3 is 0 Å². The summed E-state index contributed by atoms with van der Waals surface area (Å²) in [6, 6.07) is 73.3. The molecule has 0 N–H and O–H groups in total. The van der Waals surface area contributed by atoms with Crippen molar-refractivity contribution in [1.29, 1.82) is 0 Å². The van der Waals surface area contributed by atoms with Crippen molar-refractivity contribution in [2.75, 3.05) is 9.80 Å². The van der Waals surface area contributed by atoms with Gasteiger partial charge in [0.1, 0.15) is 0 Å². The Hall–Kier alpha value is -7.94. The number of hydrogen-bond acceptors (Lipinski definition) is 2. The van der Waals surface area contributed by atoms with Crippen LogP contribution in [-0.2, 0) is 0 Å². The lowest BCUT2D eigenvalue weighted by atomic mass is 9.81. The van der Waals surface area contributed by atoms with Crippen LogP contribution in [0.4, 0.5) is 34.1 Å². The Morgan fingerprint density at radius 1 is 0.219 bits per heavy atom. The Morgan fingerprint density at radius 3 is 0.781 bits per heavy atom. The van der Waals surface area contributed by atoms with Gasteiger partial charge in [0.2, 0.25) is 0 Å². The minimum atomic E-state index is 1.14. The Labute approximate surface area is 372 Å². The van der Waals surface area contributed by atoms with Crippen LogP contribution in [0.5, 0.6) is 0 Å². The number of rotatable bonds is 6. The molecule has 2 heteroatoms. The summed E-state index contributed by atoms with van der Waals surface area (Å²) in [5.41, 5.74) is 11.9. The first-order chi connectivity index (χ1) is 31.4. The molecule has 0 heterocycles. The number of fused-ring (bicyclic) bond motifs is 6. The highest BCUT2D eigenvalue weighted by molar-refractivity contribution is 6.49. The third kappa shape index (κ3) is 5.26. The topological polar surface area (TPSA) is 6.48 Å². The van der Waals surface area contributed by atoms with Gasteiger partial charge in [-0.25, -0.2) is 0 Å². The van der Waals surface area contributed by atoms with Crippen molar-refractivity contribution < 1.29 is 0 Å². The fourth-order valence-electron chi connectivity index (χ4n) is 11.0. The Bertz CT molecular complexity index is 3590. The van der Waals surface area contributed by atoms with Gasteiger partial charge in [-0.15, -0.1) is 0 Å². The minimum absolute atomic E-state index is 1.14. The maximum Gasteiger partial charge on any atom is 0.0546 e. The lowest BCUT2D eigenvalue weighted by Gasteiger charge is -2.31. The monoisotopic (exact) mass is 816 g/mol. The molecule has 0 saturated carbocycles. The van der Waals surface area contributed by atoms with Crippen LogP contribution in [0.15, 0.2) is 194 Å². The molecule has 0 aliphatic rings. The first-order valence-electron chi connectivity index (χ1n) is 22.4. The van der Waals surface area contributed by atoms with Gasteiger partial charge in [0, 0.05) is 44.3 Å². The normalized spacial score (nSPS) is 12.1. The summed E-state index contributed by atoms with van der Waals surface area (Å²) in [7, 11) is 0. The van der Waals surface area contributed by atoms with Gasteiger partial charge in [0.15, 0.2) is 0 Å². The number of anilines is 6. The van der Waals surface area contributed by atoms with Crippen molar-refractivity contribution in [1.82, 2.24) is 0 Å². The second-order valence-corrected chi connectivity index (χ2v) is 17.9. The molecule has 0 aliphatic heterocycles. The molecular weight excluding hydrogens is 773 g/mol. The summed E-state index contributed by atoms with van der Waals surface area (Å²) in [5, 5.41) is 20.5. The highest BCUT2D eigenvalue weighted by atomic mass is 15.1. The molecule has 0 unspecified atom stereocenters. The van der Waals surface area contributed by atoms with E-state index in [4.69, 9.17) is 0 Å². The molecule has 0 saturated heterocycles. The maximum absolute atomic E-state index is 2.48. The SMILES string of the molecule is Cc1ccc(N(c2ccc(C)cc2)c2ccc3c4c5cccc6cccc(c7c(N(c8ccc(C)cc8)c8ccc(C)cc8)ccc(c8c9cccc%10cccc(c2c38)c%109)c74)c65)cc1. The predicted molar refractivity (Wildman–Crippen MR) is 277 cm³/mol. The lowest BCUT2D eigenvalue weighted by molar-refractivity contribution is 1.28. The third-order valence-electron chi connectivity index (χ3n) is 13.9. The smallest absolute Gasteiger partial charge is 0.0546 e. The largest absolute Gasteiger partial charge is 0.310 e. The van der Waals surface area contributed by atoms with Crippen LogP contribution in [-0.4, -0.2) is 0 Å². The van der Waals surface area contributed by atoms with Crippen molar-refractivity contribution in [3.05, 3.63) is 216 Å². The minimum Gasteiger partial charge on any atom is -0.310 e. The molecule has 0 spiro atoms. The quantitative estimate of drug-likeness (QED) is 0.122. The van der Waals surface area contributed by atoms with Crippen LogP contribution in [0.3, 0.4) is 0 Å². The van der Waals surface area contributed by atoms with Gasteiger partial charge in [-0.3, -0.25) is 0 Å². The zero-order valence-electron chi connectivity index (χ0n) is 36.4. The van der Waals surface area contributed by atoms with E-state index < -0.39 is 0 Å². The van der Waals surface area contributed by atoms with Gasteiger partial charge in [-0.2, -0.15) is 0 Å². The summed E-state index contributed by atoms with van der Waals surface area (Å²) in [5.74, 6) is 0. The summed E-state index contributed by atoms with van der Waals surface area (Å²) in [6.45, 7) is 8.66. The standard InChI is InChI=1S/C62H44N2/c1-37-17-25-43(26-18-37)63(44-27-19-38(2)20-28-44)53-35-33-51-58-48-14-6-10-42-12-8-16-50(56(42)48)60-54(64(45-29-21-39(3)22-30-45)46-31-23-40(4)24-32-46)36-34-52(62(58)60)57-47-13-5-9-41-11-7-15-49(55(41)47)59(53)61(51)57/h5-36H,1-4H3. The fraction of sp³-hybridized carbons (Fsp3) is 0.0645. The molecule has 0 radical (unpaired) electrons. The molecular formula is C62H44N2. The molecule has 0 atom stereocenters. The van der Waals surface area contributed by atoms with Crippen LogP contribution in [0.2, 0.25) is 0 Å². The van der Waals surface area contributed by atoms with E-state index in [0.717, 1.165) is 22.7 Å². The zero-order valence-corrected chi connectivity index (χ0v) is 36.4. The summed E-state index contributed by atoms with van der Waals surface area (Å²) >= 11 is 0. The molecule has 0 fully saturated rings. The van der Waals surface area contributed by atoms with Crippen LogP contribution in [0.1, 0.15) is 22.3 Å². The highest BCUT2D eigenvalue weighted by Crippen LogP contribution is 2.55. The zero-order chi connectivity index (χ0) is 42.8. The molecule has 0 aliphatic carbocycles. The third-order valence-corrected chi connectivity index (χ3v) is 13.9. The van der Waals surface area contributed by atoms with E-state index in [0.29, 0.717) is 0 Å². The predicted octanol–water partition coefficient (Wildman–Crippen LogP) is 18.0. The molecule has 64 heavy (non-hydrogen) atoms. The molecule has 0 aromatic heterocycles. The van der Waals surface area contributed by atoms with E-state index in [9.17, 15) is 0 Å². The average molecular weight is 817 g/mol. The molecule has 0 amide bonds. The van der Waals surface area contributed by atoms with Crippen LogP contribution in [0, 0.1) is 27.7 Å². The highest BCUT2D eigenvalue weighted by Gasteiger charge is 2.28. The van der Waals surface area contributed by atoms with E-state index in [2.05, 4.69) is 232 Å². The van der Waals surface area contributed by atoms with Crippen molar-refractivity contribution >= 4 is 120 Å². The average Bonchev–Trinajstić information content (AvgIpc) is 3.32. The first kappa shape index (κ1) is 36.7. The summed E-state index contributed by atoms with van der Waals surface area (Å²) in [4.78, 5) is 4.96. The molecule has 0 bridgehead atoms. The van der Waals surface area contributed by atoms with Crippen molar-refractivity contribution in [2.24, 2.45) is 0 Å². The van der Waals surface area contributed by atoms with E-state index in [-0.39, 0.29) is 0 Å². The van der Waals surface area contributed by atoms with Gasteiger partial charge in [-0.05, 0) is 153 Å². The number of aryl methyl sites for hydroxylation is 4. The van der Waals surface area contributed by atoms with Crippen molar-refractivity contribution in [3.8, 4) is 0 Å². The van der Waals surface area contributed by atoms with Gasteiger partial charge in [0.25, 0.3) is 0 Å². The second kappa shape index (κ2) is 13.8. The Balaban J connectivity index is 1.27. The molecule has 2 nitrogen and oxygen atoms in total. The van der Waals surface area contributed by atoms with Crippen LogP contribution < -0.4 is 9.80 Å². The van der Waals surface area contributed by atoms with E-state index in [1.165, 1.54) is 120 Å². The summed E-state index contributed by atoms with van der Waals surface area (Å²) in [6.07, 6.45) is 0. The Kier molecular flexibility index (Phi) is 7.90. The number of hydrogen-bond donors (Lipinski definition) is 0. The number of benzene rings is 13. The van der Waals surface area contributed by atoms with Crippen molar-refractivity contribution in [3.63, 3.8) is 0 Å². The molecule has 13 aromatic rings. The van der Waals surface area contributed by atoms with Gasteiger partial charge in [0.05, 0.1) is 11.4 Å². The summed E-state index contributed by atoms with van der Waals surface area (Å²) < 4.78 is 0. The fourth-order valence-corrected chi connectivity index (χ4v) is 11.0. The van der Waals surface area contributed by atoms with E-state index in [1.807, 2.05) is 0 Å². The van der Waals surface area contributed by atoms with Crippen LogP contribution >= 0.6 is 0 Å². The van der Waals surface area contributed by atoms with Crippen molar-refractivity contribution in [2.45, 2.75) is 27.7 Å². The molecule has 13 aromatic carbocycles. The van der Waals surface area contributed by atoms with Crippen LogP contribution in [0.25, 0.3) is 86.2 Å². The van der Waals surface area contributed by atoms with E-state index >= 15 is 0 Å². The van der Waals surface area contributed by atoms with Gasteiger partial charge < -0.3 is 9.80 Å². The second-order valence-electron chi connectivity index (χ2n) is 17.9. The maximum atomic E-state index is 2.48.